The fourth-order valence-electron chi connectivity index (χ4n) is 1.98. The number of methoxy groups -OCH3 is 1. The predicted octanol–water partition coefficient (Wildman–Crippen LogP) is 3.92. The maximum Gasteiger partial charge on any atom is 0.160 e. The summed E-state index contributed by atoms with van der Waals surface area (Å²) in [5, 5.41) is 8.99. The first kappa shape index (κ1) is 16.2. The van der Waals surface area contributed by atoms with Crippen molar-refractivity contribution in [3.63, 3.8) is 0 Å². The first-order valence-electron chi connectivity index (χ1n) is 7.13. The van der Waals surface area contributed by atoms with E-state index in [2.05, 4.69) is 0 Å². The lowest BCUT2D eigenvalue weighted by Crippen LogP contribution is -1.85. The maximum atomic E-state index is 8.99. The Balaban J connectivity index is 0.000000185. The summed E-state index contributed by atoms with van der Waals surface area (Å²) < 4.78 is 4.79. The molecule has 0 aromatic heterocycles. The Morgan fingerprint density at radius 3 is 1.48 bits per heavy atom. The Bertz CT molecular complexity index is 695. The van der Waals surface area contributed by atoms with Crippen LogP contribution < -0.4 is 16.2 Å². The molecule has 0 atom stereocenters. The Hall–Kier alpha value is -3.14. The van der Waals surface area contributed by atoms with Gasteiger partial charge in [-0.2, -0.15) is 0 Å². The molecule has 0 saturated carbocycles. The summed E-state index contributed by atoms with van der Waals surface area (Å²) in [6.07, 6.45) is 0. The lowest BCUT2D eigenvalue weighted by atomic mass is 10.1. The van der Waals surface area contributed by atoms with E-state index in [0.717, 1.165) is 22.5 Å². The standard InChI is InChI=1S/C12H12N2.C7H8O2/c13-11-5-1-9(2-6-11)10-3-7-12(14)8-4-10;1-9-7-5-3-2-4-6(7)8/h1-8H,13-14H2;2-5,8H,1H3. The number of aromatic hydroxyl groups is 1. The number of nitrogens with two attached hydrogens (primary N) is 2. The molecule has 0 amide bonds. The van der Waals surface area contributed by atoms with Crippen LogP contribution in [0.1, 0.15) is 0 Å². The van der Waals surface area contributed by atoms with E-state index in [1.807, 2.05) is 48.5 Å². The summed E-state index contributed by atoms with van der Waals surface area (Å²) in [7, 11) is 1.52. The van der Waals surface area contributed by atoms with Gasteiger partial charge in [0.2, 0.25) is 0 Å². The molecule has 0 aliphatic heterocycles. The summed E-state index contributed by atoms with van der Waals surface area (Å²) in [6, 6.07) is 22.4. The van der Waals surface area contributed by atoms with Gasteiger partial charge in [0.25, 0.3) is 0 Å². The van der Waals surface area contributed by atoms with Crippen LogP contribution in [0.25, 0.3) is 11.1 Å². The second kappa shape index (κ2) is 7.75. The van der Waals surface area contributed by atoms with E-state index in [4.69, 9.17) is 21.3 Å². The highest BCUT2D eigenvalue weighted by molar-refractivity contribution is 5.67. The first-order chi connectivity index (χ1) is 11.1. The molecule has 3 aromatic rings. The van der Waals surface area contributed by atoms with Crippen molar-refractivity contribution in [1.82, 2.24) is 0 Å². The van der Waals surface area contributed by atoms with Gasteiger partial charge in [-0.1, -0.05) is 36.4 Å². The topological polar surface area (TPSA) is 81.5 Å². The number of anilines is 2. The smallest absolute Gasteiger partial charge is 0.160 e. The van der Waals surface area contributed by atoms with Crippen LogP contribution in [0.15, 0.2) is 72.8 Å². The molecular formula is C19H20N2O2. The van der Waals surface area contributed by atoms with Gasteiger partial charge in [0.15, 0.2) is 11.5 Å². The third-order valence-corrected chi connectivity index (χ3v) is 3.24. The van der Waals surface area contributed by atoms with Crippen LogP contribution in [0.2, 0.25) is 0 Å². The second-order valence-corrected chi connectivity index (χ2v) is 4.92. The van der Waals surface area contributed by atoms with Gasteiger partial charge in [0.1, 0.15) is 0 Å². The molecule has 0 aliphatic carbocycles. The molecule has 4 nitrogen and oxygen atoms in total. The van der Waals surface area contributed by atoms with E-state index in [-0.39, 0.29) is 5.75 Å². The fraction of sp³-hybridized carbons (Fsp3) is 0.0526. The quantitative estimate of drug-likeness (QED) is 0.627. The van der Waals surface area contributed by atoms with Gasteiger partial charge in [0.05, 0.1) is 7.11 Å². The van der Waals surface area contributed by atoms with Crippen LogP contribution in [-0.2, 0) is 0 Å². The van der Waals surface area contributed by atoms with Crippen molar-refractivity contribution in [2.24, 2.45) is 0 Å². The third-order valence-electron chi connectivity index (χ3n) is 3.24. The number of phenols is 1. The molecule has 5 N–H and O–H groups in total. The van der Waals surface area contributed by atoms with Crippen LogP contribution in [0, 0.1) is 0 Å². The number of nitrogen functional groups attached to an aromatic ring is 2. The zero-order valence-corrected chi connectivity index (χ0v) is 12.9. The molecule has 0 radical (unpaired) electrons. The van der Waals surface area contributed by atoms with Crippen LogP contribution in [0.4, 0.5) is 11.4 Å². The number of ether oxygens (including phenoxy) is 1. The molecule has 0 bridgehead atoms. The second-order valence-electron chi connectivity index (χ2n) is 4.92. The van der Waals surface area contributed by atoms with E-state index in [0.29, 0.717) is 5.75 Å². The molecule has 23 heavy (non-hydrogen) atoms. The summed E-state index contributed by atoms with van der Waals surface area (Å²) in [5.74, 6) is 0.692. The monoisotopic (exact) mass is 308 g/mol. The molecule has 3 rings (SSSR count). The largest absolute Gasteiger partial charge is 0.504 e. The maximum absolute atomic E-state index is 8.99. The highest BCUT2D eigenvalue weighted by atomic mass is 16.5. The SMILES string of the molecule is COc1ccccc1O.Nc1ccc(-c2ccc(N)cc2)cc1. The van der Waals surface area contributed by atoms with Gasteiger partial charge in [-0.15, -0.1) is 0 Å². The van der Waals surface area contributed by atoms with Gasteiger partial charge in [-0.05, 0) is 47.5 Å². The van der Waals surface area contributed by atoms with E-state index >= 15 is 0 Å². The molecular weight excluding hydrogens is 288 g/mol. The summed E-state index contributed by atoms with van der Waals surface area (Å²) >= 11 is 0. The minimum atomic E-state index is 0.181. The van der Waals surface area contributed by atoms with Crippen molar-refractivity contribution >= 4 is 11.4 Å². The van der Waals surface area contributed by atoms with Crippen molar-refractivity contribution < 1.29 is 9.84 Å². The van der Waals surface area contributed by atoms with Gasteiger partial charge < -0.3 is 21.3 Å². The molecule has 0 aliphatic rings. The molecule has 0 fully saturated rings. The normalized spacial score (nSPS) is 9.61. The van der Waals surface area contributed by atoms with Crippen molar-refractivity contribution in [3.8, 4) is 22.6 Å². The number of rotatable bonds is 2. The Labute approximate surface area is 136 Å². The summed E-state index contributed by atoms with van der Waals surface area (Å²) in [6.45, 7) is 0. The minimum Gasteiger partial charge on any atom is -0.504 e. The van der Waals surface area contributed by atoms with Crippen LogP contribution in [-0.4, -0.2) is 12.2 Å². The van der Waals surface area contributed by atoms with Crippen LogP contribution >= 0.6 is 0 Å². The number of benzene rings is 3. The molecule has 0 unspecified atom stereocenters. The number of para-hydroxylation sites is 2. The first-order valence-corrected chi connectivity index (χ1v) is 7.13. The molecule has 4 heteroatoms. The zero-order valence-electron chi connectivity index (χ0n) is 12.9. The van der Waals surface area contributed by atoms with Crippen molar-refractivity contribution in [2.45, 2.75) is 0 Å². The van der Waals surface area contributed by atoms with E-state index < -0.39 is 0 Å². The van der Waals surface area contributed by atoms with E-state index in [9.17, 15) is 0 Å². The number of phenolic OH excluding ortho intramolecular Hbond substituents is 1. The van der Waals surface area contributed by atoms with Crippen molar-refractivity contribution in [1.29, 1.82) is 0 Å². The number of hydrogen-bond acceptors (Lipinski definition) is 4. The Kier molecular flexibility index (Phi) is 5.47. The van der Waals surface area contributed by atoms with Crippen molar-refractivity contribution in [2.75, 3.05) is 18.6 Å². The molecule has 0 saturated heterocycles. The highest BCUT2D eigenvalue weighted by Crippen LogP contribution is 2.23. The lowest BCUT2D eigenvalue weighted by molar-refractivity contribution is 0.373. The van der Waals surface area contributed by atoms with Gasteiger partial charge >= 0.3 is 0 Å². The van der Waals surface area contributed by atoms with Crippen LogP contribution in [0.3, 0.4) is 0 Å². The average Bonchev–Trinajstić information content (AvgIpc) is 2.57. The molecule has 0 heterocycles. The van der Waals surface area contributed by atoms with Gasteiger partial charge in [-0.3, -0.25) is 0 Å². The summed E-state index contributed by atoms with van der Waals surface area (Å²) in [5.41, 5.74) is 15.1. The molecule has 0 spiro atoms. The Morgan fingerprint density at radius 2 is 1.13 bits per heavy atom. The Morgan fingerprint density at radius 1 is 0.696 bits per heavy atom. The predicted molar refractivity (Wildman–Crippen MR) is 95.4 cm³/mol. The zero-order chi connectivity index (χ0) is 16.7. The minimum absolute atomic E-state index is 0.181. The fourth-order valence-corrected chi connectivity index (χ4v) is 1.98. The van der Waals surface area contributed by atoms with Crippen LogP contribution in [0.5, 0.6) is 11.5 Å². The molecule has 118 valence electrons. The van der Waals surface area contributed by atoms with Crippen molar-refractivity contribution in [3.05, 3.63) is 72.8 Å². The van der Waals surface area contributed by atoms with E-state index in [1.54, 1.807) is 24.3 Å². The van der Waals surface area contributed by atoms with Gasteiger partial charge in [-0.25, -0.2) is 0 Å². The highest BCUT2D eigenvalue weighted by Gasteiger charge is 1.96. The average molecular weight is 308 g/mol. The third kappa shape index (κ3) is 4.68. The summed E-state index contributed by atoms with van der Waals surface area (Å²) in [4.78, 5) is 0. The molecule has 3 aromatic carbocycles. The number of hydrogen-bond donors (Lipinski definition) is 3. The van der Waals surface area contributed by atoms with Gasteiger partial charge in [0, 0.05) is 11.4 Å². The lowest BCUT2D eigenvalue weighted by Gasteiger charge is -2.02. The van der Waals surface area contributed by atoms with E-state index in [1.165, 1.54) is 7.11 Å².